The Kier molecular flexibility index (Phi) is 4.99. The van der Waals surface area contributed by atoms with Crippen molar-refractivity contribution in [3.63, 3.8) is 0 Å². The standard InChI is InChI=1S/C20H22N2O4S/c23-20-8-4-7-16-13-17(9-10-18(16)21-20)27(24,25)22-11-12-26-14-19(22)15-5-2-1-3-6-15/h1-3,5-6,9-10,13,19H,4,7-8,11-12,14H2,(H,21,23). The predicted molar refractivity (Wildman–Crippen MR) is 102 cm³/mol. The molecular formula is C20H22N2O4S. The largest absolute Gasteiger partial charge is 0.378 e. The predicted octanol–water partition coefficient (Wildman–Crippen LogP) is 2.72. The molecule has 2 aromatic carbocycles. The molecule has 27 heavy (non-hydrogen) atoms. The van der Waals surface area contributed by atoms with E-state index in [0.717, 1.165) is 11.1 Å². The van der Waals surface area contributed by atoms with Crippen LogP contribution < -0.4 is 5.32 Å². The number of nitrogens with zero attached hydrogens (tertiary/aromatic N) is 1. The molecule has 1 unspecified atom stereocenters. The van der Waals surface area contributed by atoms with Crippen LogP contribution in [0, 0.1) is 0 Å². The van der Waals surface area contributed by atoms with Gasteiger partial charge in [0.25, 0.3) is 0 Å². The van der Waals surface area contributed by atoms with Gasteiger partial charge in [-0.3, -0.25) is 4.79 Å². The van der Waals surface area contributed by atoms with Gasteiger partial charge >= 0.3 is 0 Å². The van der Waals surface area contributed by atoms with Gasteiger partial charge in [0.05, 0.1) is 24.2 Å². The number of amides is 1. The summed E-state index contributed by atoms with van der Waals surface area (Å²) < 4.78 is 33.9. The Morgan fingerprint density at radius 1 is 1.07 bits per heavy atom. The number of hydrogen-bond acceptors (Lipinski definition) is 4. The van der Waals surface area contributed by atoms with Crippen LogP contribution in [0.1, 0.15) is 30.0 Å². The molecule has 0 aliphatic carbocycles. The molecular weight excluding hydrogens is 364 g/mol. The van der Waals surface area contributed by atoms with Crippen LogP contribution in [-0.4, -0.2) is 38.4 Å². The number of carbonyl (C=O) groups excluding carboxylic acids is 1. The number of morpholine rings is 1. The summed E-state index contributed by atoms with van der Waals surface area (Å²) in [6.07, 6.45) is 1.85. The van der Waals surface area contributed by atoms with E-state index in [2.05, 4.69) is 5.32 Å². The van der Waals surface area contributed by atoms with Crippen LogP contribution in [0.5, 0.6) is 0 Å². The molecule has 1 fully saturated rings. The molecule has 7 heteroatoms. The number of anilines is 1. The Morgan fingerprint density at radius 3 is 2.70 bits per heavy atom. The molecule has 2 aliphatic rings. The summed E-state index contributed by atoms with van der Waals surface area (Å²) in [5.74, 6) is -0.0262. The Hall–Kier alpha value is -2.22. The third kappa shape index (κ3) is 3.63. The minimum Gasteiger partial charge on any atom is -0.378 e. The van der Waals surface area contributed by atoms with Gasteiger partial charge in [-0.25, -0.2) is 8.42 Å². The molecule has 1 saturated heterocycles. The lowest BCUT2D eigenvalue weighted by Gasteiger charge is -2.35. The highest BCUT2D eigenvalue weighted by Crippen LogP contribution is 2.32. The number of hydrogen-bond donors (Lipinski definition) is 1. The molecule has 0 saturated carbocycles. The van der Waals surface area contributed by atoms with Crippen LogP contribution >= 0.6 is 0 Å². The Balaban J connectivity index is 1.69. The van der Waals surface area contributed by atoms with E-state index < -0.39 is 10.0 Å². The second-order valence-corrected chi connectivity index (χ2v) is 8.73. The van der Waals surface area contributed by atoms with Crippen LogP contribution in [0.2, 0.25) is 0 Å². The van der Waals surface area contributed by atoms with Crippen LogP contribution in [0.15, 0.2) is 53.4 Å². The van der Waals surface area contributed by atoms with E-state index in [0.29, 0.717) is 44.7 Å². The number of aryl methyl sites for hydroxylation is 1. The van der Waals surface area contributed by atoms with Gasteiger partial charge in [-0.15, -0.1) is 0 Å². The van der Waals surface area contributed by atoms with Crippen LogP contribution in [-0.2, 0) is 26.0 Å². The fourth-order valence-corrected chi connectivity index (χ4v) is 5.30. The van der Waals surface area contributed by atoms with Crippen molar-refractivity contribution in [1.82, 2.24) is 4.31 Å². The SMILES string of the molecule is O=C1CCCc2cc(S(=O)(=O)N3CCOCC3c3ccccc3)ccc2N1. The normalized spacial score (nSPS) is 21.2. The van der Waals surface area contributed by atoms with E-state index in [9.17, 15) is 13.2 Å². The number of benzene rings is 2. The second-order valence-electron chi connectivity index (χ2n) is 6.84. The minimum atomic E-state index is -3.68. The molecule has 142 valence electrons. The lowest BCUT2D eigenvalue weighted by molar-refractivity contribution is -0.116. The first kappa shape index (κ1) is 18.2. The summed E-state index contributed by atoms with van der Waals surface area (Å²) in [4.78, 5) is 12.0. The number of fused-ring (bicyclic) bond motifs is 1. The van der Waals surface area contributed by atoms with Gasteiger partial charge in [-0.05, 0) is 42.2 Å². The zero-order chi connectivity index (χ0) is 18.9. The van der Waals surface area contributed by atoms with Crippen molar-refractivity contribution in [2.75, 3.05) is 25.1 Å². The zero-order valence-corrected chi connectivity index (χ0v) is 15.7. The first-order valence-corrected chi connectivity index (χ1v) is 10.6. The Bertz CT molecular complexity index is 944. The number of nitrogens with one attached hydrogen (secondary N) is 1. The molecule has 0 spiro atoms. The summed E-state index contributed by atoms with van der Waals surface area (Å²) in [5, 5.41) is 2.85. The van der Waals surface area contributed by atoms with E-state index >= 15 is 0 Å². The third-order valence-electron chi connectivity index (χ3n) is 5.07. The lowest BCUT2D eigenvalue weighted by Crippen LogP contribution is -2.43. The summed E-state index contributed by atoms with van der Waals surface area (Å²) >= 11 is 0. The number of ether oxygens (including phenoxy) is 1. The topological polar surface area (TPSA) is 75.7 Å². The number of carbonyl (C=O) groups is 1. The van der Waals surface area contributed by atoms with Crippen LogP contribution in [0.4, 0.5) is 5.69 Å². The highest BCUT2D eigenvalue weighted by atomic mass is 32.2. The maximum Gasteiger partial charge on any atom is 0.243 e. The van der Waals surface area contributed by atoms with E-state index in [4.69, 9.17) is 4.74 Å². The summed E-state index contributed by atoms with van der Waals surface area (Å²) in [6.45, 7) is 1.03. The van der Waals surface area contributed by atoms with Crippen molar-refractivity contribution < 1.29 is 17.9 Å². The molecule has 6 nitrogen and oxygen atoms in total. The molecule has 0 bridgehead atoms. The molecule has 4 rings (SSSR count). The smallest absolute Gasteiger partial charge is 0.243 e. The van der Waals surface area contributed by atoms with Gasteiger partial charge in [-0.2, -0.15) is 4.31 Å². The molecule has 2 aliphatic heterocycles. The van der Waals surface area contributed by atoms with Crippen molar-refractivity contribution in [1.29, 1.82) is 0 Å². The Labute approximate surface area is 159 Å². The fourth-order valence-electron chi connectivity index (χ4n) is 3.66. The van der Waals surface area contributed by atoms with E-state index in [-0.39, 0.29) is 16.8 Å². The molecule has 2 aromatic rings. The van der Waals surface area contributed by atoms with Gasteiger partial charge in [0, 0.05) is 18.7 Å². The monoisotopic (exact) mass is 386 g/mol. The highest BCUT2D eigenvalue weighted by molar-refractivity contribution is 7.89. The van der Waals surface area contributed by atoms with Crippen LogP contribution in [0.25, 0.3) is 0 Å². The Morgan fingerprint density at radius 2 is 1.89 bits per heavy atom. The molecule has 1 atom stereocenters. The first-order valence-electron chi connectivity index (χ1n) is 9.13. The van der Waals surface area contributed by atoms with E-state index in [1.54, 1.807) is 18.2 Å². The maximum absolute atomic E-state index is 13.4. The fraction of sp³-hybridized carbons (Fsp3) is 0.350. The molecule has 1 N–H and O–H groups in total. The molecule has 2 heterocycles. The van der Waals surface area contributed by atoms with Gasteiger partial charge in [0.15, 0.2) is 0 Å². The van der Waals surface area contributed by atoms with Gasteiger partial charge in [-0.1, -0.05) is 30.3 Å². The average Bonchev–Trinajstić information content (AvgIpc) is 2.88. The summed E-state index contributed by atoms with van der Waals surface area (Å²) in [6, 6.07) is 14.2. The minimum absolute atomic E-state index is 0.0262. The quantitative estimate of drug-likeness (QED) is 0.880. The van der Waals surface area contributed by atoms with Gasteiger partial charge in [0.2, 0.25) is 15.9 Å². The zero-order valence-electron chi connectivity index (χ0n) is 14.9. The number of rotatable bonds is 3. The van der Waals surface area contributed by atoms with E-state index in [1.807, 2.05) is 30.3 Å². The third-order valence-corrected chi connectivity index (χ3v) is 6.98. The summed E-state index contributed by atoms with van der Waals surface area (Å²) in [5.41, 5.74) is 2.49. The van der Waals surface area contributed by atoms with Crippen molar-refractivity contribution in [3.05, 3.63) is 59.7 Å². The van der Waals surface area contributed by atoms with Crippen LogP contribution in [0.3, 0.4) is 0 Å². The van der Waals surface area contributed by atoms with Crippen molar-refractivity contribution in [3.8, 4) is 0 Å². The maximum atomic E-state index is 13.4. The van der Waals surface area contributed by atoms with Crippen molar-refractivity contribution >= 4 is 21.6 Å². The second kappa shape index (κ2) is 7.42. The molecule has 0 aromatic heterocycles. The van der Waals surface area contributed by atoms with Crippen molar-refractivity contribution in [2.24, 2.45) is 0 Å². The first-order chi connectivity index (χ1) is 13.1. The average molecular weight is 386 g/mol. The number of sulfonamides is 1. The van der Waals surface area contributed by atoms with E-state index in [1.165, 1.54) is 4.31 Å². The molecule has 1 amide bonds. The highest BCUT2D eigenvalue weighted by Gasteiger charge is 2.35. The van der Waals surface area contributed by atoms with Gasteiger partial charge in [0.1, 0.15) is 0 Å². The lowest BCUT2D eigenvalue weighted by atomic mass is 10.1. The molecule has 0 radical (unpaired) electrons. The van der Waals surface area contributed by atoms with Gasteiger partial charge < -0.3 is 10.1 Å². The summed E-state index contributed by atoms with van der Waals surface area (Å²) in [7, 11) is -3.68. The van der Waals surface area contributed by atoms with Crippen molar-refractivity contribution in [2.45, 2.75) is 30.2 Å².